The minimum Gasteiger partial charge on any atom is -0.0836 e. The van der Waals surface area contributed by atoms with E-state index < -0.39 is 0 Å². The van der Waals surface area contributed by atoms with Crippen LogP contribution in [-0.4, -0.2) is 0 Å². The normalized spacial score (nSPS) is 16.9. The predicted molar refractivity (Wildman–Crippen MR) is 241 cm³/mol. The molecule has 56 heavy (non-hydrogen) atoms. The van der Waals surface area contributed by atoms with Gasteiger partial charge in [-0.2, -0.15) is 0 Å². The monoisotopic (exact) mass is 726 g/mol. The van der Waals surface area contributed by atoms with Crippen LogP contribution in [0.1, 0.15) is 102 Å². The first-order valence-electron chi connectivity index (χ1n) is 20.6. The molecule has 3 aliphatic rings. The molecule has 0 N–H and O–H groups in total. The third-order valence-electron chi connectivity index (χ3n) is 12.2. The molecule has 0 nitrogen and oxygen atoms in total. The summed E-state index contributed by atoms with van der Waals surface area (Å²) in [5.74, 6) is 1.21. The lowest BCUT2D eigenvalue weighted by Gasteiger charge is -2.21. The Morgan fingerprint density at radius 1 is 0.554 bits per heavy atom. The molecule has 0 bridgehead atoms. The number of hydrogen-bond donors (Lipinski definition) is 0. The minimum atomic E-state index is 0.290. The molecule has 2 unspecified atom stereocenters. The van der Waals surface area contributed by atoms with Gasteiger partial charge in [0, 0.05) is 11.8 Å². The molecule has 0 saturated carbocycles. The van der Waals surface area contributed by atoms with E-state index in [2.05, 4.69) is 199 Å². The number of allylic oxidation sites excluding steroid dienone is 8. The molecular weight excluding hydrogens is 673 g/mol. The van der Waals surface area contributed by atoms with Gasteiger partial charge in [0.15, 0.2) is 0 Å². The average molecular weight is 727 g/mol. The molecule has 6 aromatic rings. The molecule has 278 valence electrons. The van der Waals surface area contributed by atoms with Crippen LogP contribution in [0, 0.1) is 20.8 Å². The zero-order valence-corrected chi connectivity index (χ0v) is 33.9. The Bertz CT molecular complexity index is 2500. The van der Waals surface area contributed by atoms with E-state index in [9.17, 15) is 0 Å². The fourth-order valence-electron chi connectivity index (χ4n) is 9.04. The van der Waals surface area contributed by atoms with E-state index in [-0.39, 0.29) is 0 Å². The van der Waals surface area contributed by atoms with Gasteiger partial charge in [0.25, 0.3) is 0 Å². The van der Waals surface area contributed by atoms with Crippen LogP contribution in [0.15, 0.2) is 175 Å². The molecular formula is C56H54. The van der Waals surface area contributed by atoms with E-state index in [0.717, 1.165) is 19.3 Å². The van der Waals surface area contributed by atoms with Gasteiger partial charge in [0.2, 0.25) is 0 Å². The zero-order valence-electron chi connectivity index (χ0n) is 33.9. The van der Waals surface area contributed by atoms with Crippen LogP contribution in [-0.2, 0) is 0 Å². The van der Waals surface area contributed by atoms with Crippen molar-refractivity contribution in [2.75, 3.05) is 0 Å². The standard InChI is InChI=1S/C43H42.C13H12/c1-27(2)34-13-8-9-15-36(34)41-26-33(21-19-30(41)5)43-38-17-11-10-16-37(38)42-25-32(22-23-39(42)43)31-20-18-29(4)40(24-31)35-14-7-6-12-28(35)3;1-11-7-9-13(10-8-11)12-5-3-2-4-6-12/h7-11,13-15,17-27,37,43H,6,12,16H2,1-5H3;2-10H,1H3. The Morgan fingerprint density at radius 2 is 1.23 bits per heavy atom. The molecule has 0 heteroatoms. The highest BCUT2D eigenvalue weighted by Crippen LogP contribution is 2.53. The highest BCUT2D eigenvalue weighted by Gasteiger charge is 2.37. The van der Waals surface area contributed by atoms with Gasteiger partial charge in [-0.25, -0.2) is 0 Å². The number of aryl methyl sites for hydroxylation is 3. The van der Waals surface area contributed by atoms with Crippen molar-refractivity contribution in [1.29, 1.82) is 0 Å². The summed E-state index contributed by atoms with van der Waals surface area (Å²) in [6.07, 6.45) is 15.1. The summed E-state index contributed by atoms with van der Waals surface area (Å²) in [5.41, 5.74) is 23.5. The second-order valence-corrected chi connectivity index (χ2v) is 16.4. The molecule has 0 aromatic heterocycles. The van der Waals surface area contributed by atoms with Gasteiger partial charge in [0.1, 0.15) is 0 Å². The summed E-state index contributed by atoms with van der Waals surface area (Å²) >= 11 is 0. The molecule has 0 fully saturated rings. The van der Waals surface area contributed by atoms with Crippen LogP contribution in [0.25, 0.3) is 39.0 Å². The largest absolute Gasteiger partial charge is 0.0836 e. The number of fused-ring (bicyclic) bond motifs is 3. The fraction of sp³-hybridized carbons (Fsp3) is 0.214. The first kappa shape index (κ1) is 37.2. The van der Waals surface area contributed by atoms with E-state index in [0.29, 0.717) is 17.8 Å². The lowest BCUT2D eigenvalue weighted by Crippen LogP contribution is -2.04. The van der Waals surface area contributed by atoms with Crippen LogP contribution < -0.4 is 0 Å². The second-order valence-electron chi connectivity index (χ2n) is 16.4. The van der Waals surface area contributed by atoms with Crippen molar-refractivity contribution >= 4 is 5.57 Å². The van der Waals surface area contributed by atoms with Gasteiger partial charge in [-0.3, -0.25) is 0 Å². The lowest BCUT2D eigenvalue weighted by molar-refractivity contribution is 0.795. The van der Waals surface area contributed by atoms with E-state index in [1.807, 2.05) is 6.07 Å². The molecule has 0 heterocycles. The van der Waals surface area contributed by atoms with Gasteiger partial charge in [-0.15, -0.1) is 0 Å². The number of hydrogen-bond acceptors (Lipinski definition) is 0. The Kier molecular flexibility index (Phi) is 10.7. The third-order valence-corrected chi connectivity index (χ3v) is 12.2. The van der Waals surface area contributed by atoms with Crippen molar-refractivity contribution in [2.45, 2.75) is 78.6 Å². The van der Waals surface area contributed by atoms with Crippen LogP contribution in [0.2, 0.25) is 0 Å². The summed E-state index contributed by atoms with van der Waals surface area (Å²) < 4.78 is 0. The van der Waals surface area contributed by atoms with Crippen molar-refractivity contribution in [3.63, 3.8) is 0 Å². The first-order valence-corrected chi connectivity index (χ1v) is 20.6. The number of benzene rings is 6. The molecule has 0 amide bonds. The van der Waals surface area contributed by atoms with Crippen molar-refractivity contribution in [3.05, 3.63) is 219 Å². The average Bonchev–Trinajstić information content (AvgIpc) is 3.56. The van der Waals surface area contributed by atoms with Gasteiger partial charge >= 0.3 is 0 Å². The predicted octanol–water partition coefficient (Wildman–Crippen LogP) is 15.7. The molecule has 0 radical (unpaired) electrons. The summed E-state index contributed by atoms with van der Waals surface area (Å²) in [6.45, 7) is 13.5. The summed E-state index contributed by atoms with van der Waals surface area (Å²) in [4.78, 5) is 0. The first-order chi connectivity index (χ1) is 27.3. The minimum absolute atomic E-state index is 0.290. The van der Waals surface area contributed by atoms with Crippen molar-refractivity contribution in [1.82, 2.24) is 0 Å². The maximum Gasteiger partial charge on any atom is 0.0311 e. The Morgan fingerprint density at radius 3 is 2.02 bits per heavy atom. The lowest BCUT2D eigenvalue weighted by atomic mass is 9.82. The maximum atomic E-state index is 2.50. The topological polar surface area (TPSA) is 0 Å². The molecule has 6 aromatic carbocycles. The smallest absolute Gasteiger partial charge is 0.0311 e. The van der Waals surface area contributed by atoms with E-state index in [1.54, 1.807) is 5.57 Å². The Balaban J connectivity index is 0.000000287. The molecule has 9 rings (SSSR count). The molecule has 2 atom stereocenters. The third kappa shape index (κ3) is 7.46. The Hall–Kier alpha value is -5.72. The van der Waals surface area contributed by atoms with Gasteiger partial charge < -0.3 is 0 Å². The van der Waals surface area contributed by atoms with Gasteiger partial charge in [0.05, 0.1) is 0 Å². The van der Waals surface area contributed by atoms with Crippen LogP contribution in [0.4, 0.5) is 0 Å². The van der Waals surface area contributed by atoms with E-state index in [1.165, 1.54) is 89.0 Å². The van der Waals surface area contributed by atoms with Crippen LogP contribution in [0.3, 0.4) is 0 Å². The van der Waals surface area contributed by atoms with E-state index in [4.69, 9.17) is 0 Å². The fourth-order valence-corrected chi connectivity index (χ4v) is 9.04. The van der Waals surface area contributed by atoms with Crippen LogP contribution in [0.5, 0.6) is 0 Å². The van der Waals surface area contributed by atoms with E-state index >= 15 is 0 Å². The summed E-state index contributed by atoms with van der Waals surface area (Å²) in [5, 5.41) is 0. The van der Waals surface area contributed by atoms with Crippen molar-refractivity contribution in [2.24, 2.45) is 0 Å². The second kappa shape index (κ2) is 16.2. The molecule has 0 aliphatic heterocycles. The molecule has 0 spiro atoms. The SMILES string of the molecule is CC1=C(c2cc(-c3ccc4c(c3)C3CC=CC=C3C4c3ccc(C)c(-c4ccccc4C(C)C)c3)ccc2C)C=CCC1.Cc1ccc(-c2ccccc2)cc1. The highest BCUT2D eigenvalue weighted by molar-refractivity contribution is 5.82. The number of rotatable bonds is 6. The molecule has 0 saturated heterocycles. The van der Waals surface area contributed by atoms with Gasteiger partial charge in [-0.1, -0.05) is 182 Å². The highest BCUT2D eigenvalue weighted by atomic mass is 14.4. The van der Waals surface area contributed by atoms with Gasteiger partial charge in [-0.05, 0) is 143 Å². The van der Waals surface area contributed by atoms with Crippen molar-refractivity contribution < 1.29 is 0 Å². The van der Waals surface area contributed by atoms with Crippen molar-refractivity contribution in [3.8, 4) is 33.4 Å². The summed E-state index contributed by atoms with van der Waals surface area (Å²) in [7, 11) is 0. The quantitative estimate of drug-likeness (QED) is 0.160. The van der Waals surface area contributed by atoms with Crippen LogP contribution >= 0.6 is 0 Å². The molecule has 3 aliphatic carbocycles. The summed E-state index contributed by atoms with van der Waals surface area (Å²) in [6, 6.07) is 49.5. The zero-order chi connectivity index (χ0) is 38.8. The maximum absolute atomic E-state index is 2.50. The Labute approximate surface area is 335 Å².